The van der Waals surface area contributed by atoms with Gasteiger partial charge in [0, 0.05) is 12.6 Å². The third-order valence-electron chi connectivity index (χ3n) is 4.45. The molecule has 22 heavy (non-hydrogen) atoms. The van der Waals surface area contributed by atoms with Gasteiger partial charge in [0.05, 0.1) is 18.2 Å². The number of ether oxygens (including phenoxy) is 1. The van der Waals surface area contributed by atoms with Crippen LogP contribution in [0.2, 0.25) is 0 Å². The standard InChI is InChI=1S/C16H18N4O2/c21-16-9-8-15(22-16)14-7-3-4-10-19(14)11-20-13-6-2-1-5-12(13)17-18-20/h1-2,5-6,8-9,14-15H,3-4,7,10-11H2/t14-,15-/m1/s1. The quantitative estimate of drug-likeness (QED) is 0.808. The summed E-state index contributed by atoms with van der Waals surface area (Å²) in [6.07, 6.45) is 6.64. The van der Waals surface area contributed by atoms with Crippen molar-refractivity contribution in [3.8, 4) is 0 Å². The van der Waals surface area contributed by atoms with E-state index in [0.717, 1.165) is 30.4 Å². The maximum absolute atomic E-state index is 11.3. The van der Waals surface area contributed by atoms with Crippen molar-refractivity contribution in [2.45, 2.75) is 38.1 Å². The normalized spacial score (nSPS) is 25.7. The first-order valence-corrected chi connectivity index (χ1v) is 7.72. The molecule has 0 spiro atoms. The Bertz CT molecular complexity index is 724. The van der Waals surface area contributed by atoms with Gasteiger partial charge in [0.2, 0.25) is 0 Å². The predicted octanol–water partition coefficient (Wildman–Crippen LogP) is 1.72. The Morgan fingerprint density at radius 2 is 2.18 bits per heavy atom. The minimum absolute atomic E-state index is 0.136. The van der Waals surface area contributed by atoms with E-state index in [0.29, 0.717) is 6.67 Å². The van der Waals surface area contributed by atoms with Crippen molar-refractivity contribution in [1.82, 2.24) is 19.9 Å². The highest BCUT2D eigenvalue weighted by molar-refractivity contribution is 5.84. The van der Waals surface area contributed by atoms with Crippen molar-refractivity contribution < 1.29 is 9.53 Å². The van der Waals surface area contributed by atoms with Gasteiger partial charge in [-0.15, -0.1) is 5.10 Å². The number of aromatic nitrogens is 3. The number of nitrogens with zero attached hydrogens (tertiary/aromatic N) is 4. The lowest BCUT2D eigenvalue weighted by atomic mass is 9.98. The zero-order chi connectivity index (χ0) is 14.9. The summed E-state index contributed by atoms with van der Waals surface area (Å²) in [6.45, 7) is 1.66. The van der Waals surface area contributed by atoms with E-state index in [4.69, 9.17) is 4.74 Å². The van der Waals surface area contributed by atoms with E-state index in [1.165, 1.54) is 12.5 Å². The molecule has 0 N–H and O–H groups in total. The van der Waals surface area contributed by atoms with E-state index in [2.05, 4.69) is 15.2 Å². The molecule has 0 saturated carbocycles. The van der Waals surface area contributed by atoms with Crippen LogP contribution in [0.5, 0.6) is 0 Å². The number of hydrogen-bond acceptors (Lipinski definition) is 5. The minimum Gasteiger partial charge on any atom is -0.453 e. The minimum atomic E-state index is -0.235. The molecule has 0 unspecified atom stereocenters. The van der Waals surface area contributed by atoms with E-state index >= 15 is 0 Å². The van der Waals surface area contributed by atoms with Gasteiger partial charge >= 0.3 is 5.97 Å². The Morgan fingerprint density at radius 3 is 3.05 bits per heavy atom. The van der Waals surface area contributed by atoms with Crippen LogP contribution in [0.15, 0.2) is 36.4 Å². The van der Waals surface area contributed by atoms with Crippen LogP contribution < -0.4 is 0 Å². The van der Waals surface area contributed by atoms with Crippen LogP contribution in [0.3, 0.4) is 0 Å². The Kier molecular flexibility index (Phi) is 3.38. The Morgan fingerprint density at radius 1 is 1.27 bits per heavy atom. The Hall–Kier alpha value is -2.21. The monoisotopic (exact) mass is 298 g/mol. The first-order chi connectivity index (χ1) is 10.8. The summed E-state index contributed by atoms with van der Waals surface area (Å²) in [5, 5.41) is 8.47. The lowest BCUT2D eigenvalue weighted by Gasteiger charge is -2.37. The van der Waals surface area contributed by atoms with Gasteiger partial charge in [-0.25, -0.2) is 9.48 Å². The number of carbonyl (C=O) groups is 1. The van der Waals surface area contributed by atoms with Gasteiger partial charge in [0.15, 0.2) is 0 Å². The summed E-state index contributed by atoms with van der Waals surface area (Å²) in [6, 6.07) is 8.18. The summed E-state index contributed by atoms with van der Waals surface area (Å²) in [7, 11) is 0. The topological polar surface area (TPSA) is 60.2 Å². The molecule has 6 nitrogen and oxygen atoms in total. The van der Waals surface area contributed by atoms with Crippen molar-refractivity contribution in [3.05, 3.63) is 36.4 Å². The van der Waals surface area contributed by atoms with Crippen molar-refractivity contribution in [2.75, 3.05) is 6.54 Å². The highest BCUT2D eigenvalue weighted by Crippen LogP contribution is 2.25. The highest BCUT2D eigenvalue weighted by Gasteiger charge is 2.33. The molecule has 2 aliphatic heterocycles. The molecule has 1 saturated heterocycles. The van der Waals surface area contributed by atoms with Gasteiger partial charge in [0.25, 0.3) is 0 Å². The zero-order valence-electron chi connectivity index (χ0n) is 12.3. The van der Waals surface area contributed by atoms with Gasteiger partial charge < -0.3 is 4.74 Å². The molecule has 1 aromatic heterocycles. The number of carbonyl (C=O) groups excluding carboxylic acids is 1. The average Bonchev–Trinajstić information content (AvgIpc) is 3.15. The van der Waals surface area contributed by atoms with E-state index in [-0.39, 0.29) is 18.1 Å². The molecule has 114 valence electrons. The Balaban J connectivity index is 1.57. The number of rotatable bonds is 3. The molecular weight excluding hydrogens is 280 g/mol. The second-order valence-corrected chi connectivity index (χ2v) is 5.86. The second kappa shape index (κ2) is 5.53. The Labute approximate surface area is 128 Å². The molecule has 1 fully saturated rings. The van der Waals surface area contributed by atoms with Crippen LogP contribution >= 0.6 is 0 Å². The predicted molar refractivity (Wildman–Crippen MR) is 80.9 cm³/mol. The van der Waals surface area contributed by atoms with E-state index in [1.54, 1.807) is 0 Å². The number of hydrogen-bond donors (Lipinski definition) is 0. The van der Waals surface area contributed by atoms with Crippen molar-refractivity contribution in [1.29, 1.82) is 0 Å². The van der Waals surface area contributed by atoms with Gasteiger partial charge in [-0.2, -0.15) is 0 Å². The first kappa shape index (κ1) is 13.5. The maximum Gasteiger partial charge on any atom is 0.331 e. The fraction of sp³-hybridized carbons (Fsp3) is 0.438. The van der Waals surface area contributed by atoms with Crippen LogP contribution in [0.4, 0.5) is 0 Å². The maximum atomic E-state index is 11.3. The lowest BCUT2D eigenvalue weighted by Crippen LogP contribution is -2.47. The van der Waals surface area contributed by atoms with Crippen LogP contribution in [0.1, 0.15) is 19.3 Å². The molecule has 0 amide bonds. The average molecular weight is 298 g/mol. The van der Waals surface area contributed by atoms with Crippen molar-refractivity contribution in [3.63, 3.8) is 0 Å². The van der Waals surface area contributed by atoms with E-state index < -0.39 is 0 Å². The molecule has 3 heterocycles. The molecule has 6 heteroatoms. The molecule has 1 aromatic carbocycles. The zero-order valence-corrected chi connectivity index (χ0v) is 12.3. The summed E-state index contributed by atoms with van der Waals surface area (Å²) >= 11 is 0. The van der Waals surface area contributed by atoms with Gasteiger partial charge in [-0.05, 0) is 31.1 Å². The number of para-hydroxylation sites is 1. The number of cyclic esters (lactones) is 1. The molecule has 0 bridgehead atoms. The van der Waals surface area contributed by atoms with Gasteiger partial charge in [0.1, 0.15) is 11.6 Å². The lowest BCUT2D eigenvalue weighted by molar-refractivity contribution is -0.142. The number of benzene rings is 1. The molecule has 2 atom stereocenters. The molecule has 2 aliphatic rings. The second-order valence-electron chi connectivity index (χ2n) is 5.86. The summed E-state index contributed by atoms with van der Waals surface area (Å²) in [5.74, 6) is -0.235. The highest BCUT2D eigenvalue weighted by atomic mass is 16.5. The van der Waals surface area contributed by atoms with Crippen LogP contribution in [-0.4, -0.2) is 44.6 Å². The number of likely N-dealkylation sites (tertiary alicyclic amines) is 1. The summed E-state index contributed by atoms with van der Waals surface area (Å²) < 4.78 is 7.33. The molecule has 4 rings (SSSR count). The van der Waals surface area contributed by atoms with Crippen LogP contribution in [0, 0.1) is 0 Å². The van der Waals surface area contributed by atoms with Gasteiger partial charge in [-0.3, -0.25) is 4.90 Å². The fourth-order valence-corrected chi connectivity index (χ4v) is 3.35. The third-order valence-corrected chi connectivity index (χ3v) is 4.45. The number of fused-ring (bicyclic) bond motifs is 1. The molecular formula is C16H18N4O2. The molecule has 0 aliphatic carbocycles. The van der Waals surface area contributed by atoms with E-state index in [1.807, 2.05) is 35.0 Å². The smallest absolute Gasteiger partial charge is 0.331 e. The van der Waals surface area contributed by atoms with Crippen molar-refractivity contribution in [2.24, 2.45) is 0 Å². The van der Waals surface area contributed by atoms with Crippen LogP contribution in [0.25, 0.3) is 11.0 Å². The van der Waals surface area contributed by atoms with Crippen molar-refractivity contribution >= 4 is 17.0 Å². The first-order valence-electron chi connectivity index (χ1n) is 7.72. The fourth-order valence-electron chi connectivity index (χ4n) is 3.35. The molecule has 0 radical (unpaired) electrons. The third kappa shape index (κ3) is 2.39. The number of piperidine rings is 1. The largest absolute Gasteiger partial charge is 0.453 e. The summed E-state index contributed by atoms with van der Waals surface area (Å²) in [4.78, 5) is 13.7. The SMILES string of the molecule is O=C1C=C[C@H]([C@H]2CCCCN2Cn2nnc3ccccc32)O1. The number of esters is 1. The van der Waals surface area contributed by atoms with Crippen LogP contribution in [-0.2, 0) is 16.2 Å². The molecule has 2 aromatic rings. The van der Waals surface area contributed by atoms with E-state index in [9.17, 15) is 4.79 Å². The summed E-state index contributed by atoms with van der Waals surface area (Å²) in [5.41, 5.74) is 1.94. The van der Waals surface area contributed by atoms with Gasteiger partial charge in [-0.1, -0.05) is 23.8 Å².